The molecule has 3 rings (SSSR count). The van der Waals surface area contributed by atoms with Gasteiger partial charge in [0.1, 0.15) is 16.9 Å². The Bertz CT molecular complexity index is 997. The van der Waals surface area contributed by atoms with Crippen molar-refractivity contribution in [3.63, 3.8) is 0 Å². The van der Waals surface area contributed by atoms with Crippen LogP contribution in [0, 0.1) is 11.3 Å². The first kappa shape index (κ1) is 18.4. The minimum atomic E-state index is -0.427. The Labute approximate surface area is 159 Å². The van der Waals surface area contributed by atoms with Gasteiger partial charge in [-0.1, -0.05) is 42.0 Å². The highest BCUT2D eigenvalue weighted by Gasteiger charge is 2.17. The number of thioether (sulfide) groups is 1. The molecule has 3 N–H and O–H groups in total. The highest BCUT2D eigenvalue weighted by Crippen LogP contribution is 2.27. The lowest BCUT2D eigenvalue weighted by Gasteiger charge is -2.09. The van der Waals surface area contributed by atoms with Crippen LogP contribution in [0.3, 0.4) is 0 Å². The van der Waals surface area contributed by atoms with Crippen LogP contribution in [0.1, 0.15) is 34.6 Å². The van der Waals surface area contributed by atoms with Crippen LogP contribution in [0.25, 0.3) is 0 Å². The van der Waals surface area contributed by atoms with Crippen molar-refractivity contribution < 1.29 is 9.32 Å². The molecule has 2 heterocycles. The third kappa shape index (κ3) is 4.43. The lowest BCUT2D eigenvalue weighted by atomic mass is 10.2. The predicted molar refractivity (Wildman–Crippen MR) is 101 cm³/mol. The molecule has 0 radical (unpaired) electrons. The number of rotatable bonds is 6. The minimum absolute atomic E-state index is 0.0460. The van der Waals surface area contributed by atoms with Crippen LogP contribution in [0.5, 0.6) is 0 Å². The van der Waals surface area contributed by atoms with E-state index < -0.39 is 5.91 Å². The number of benzene rings is 1. The van der Waals surface area contributed by atoms with Crippen LogP contribution < -0.4 is 11.1 Å². The Morgan fingerprint density at radius 1 is 1.33 bits per heavy atom. The molecule has 2 aromatic heterocycles. The Hall–Kier alpha value is -3.38. The van der Waals surface area contributed by atoms with Crippen LogP contribution >= 0.6 is 11.8 Å². The summed E-state index contributed by atoms with van der Waals surface area (Å²) in [5.74, 6) is 1.02. The molecule has 0 saturated carbocycles. The second-order valence-electron chi connectivity index (χ2n) is 5.45. The van der Waals surface area contributed by atoms with Gasteiger partial charge < -0.3 is 15.6 Å². The molecule has 0 unspecified atom stereocenters. The first-order valence-corrected chi connectivity index (χ1v) is 9.10. The normalized spacial score (nSPS) is 10.4. The minimum Gasteiger partial charge on any atom is -0.383 e. The van der Waals surface area contributed by atoms with Gasteiger partial charge in [0.05, 0.1) is 16.9 Å². The number of amides is 1. The fourth-order valence-corrected chi connectivity index (χ4v) is 3.02. The molecule has 136 valence electrons. The average Bonchev–Trinajstić information content (AvgIpc) is 3.15. The molecule has 3 aromatic rings. The van der Waals surface area contributed by atoms with Gasteiger partial charge in [-0.15, -0.1) is 0 Å². The van der Waals surface area contributed by atoms with Crippen molar-refractivity contribution in [3.05, 3.63) is 59.2 Å². The molecule has 0 atom stereocenters. The number of hydrogen-bond acceptors (Lipinski definition) is 8. The lowest BCUT2D eigenvalue weighted by molar-refractivity contribution is 0.102. The number of nitrogens with zero attached hydrogens (tertiary/aromatic N) is 4. The zero-order valence-electron chi connectivity index (χ0n) is 14.5. The number of nitrogens with two attached hydrogens (primary N) is 1. The molecule has 27 heavy (non-hydrogen) atoms. The molecule has 0 saturated heterocycles. The monoisotopic (exact) mass is 380 g/mol. The van der Waals surface area contributed by atoms with E-state index in [2.05, 4.69) is 20.4 Å². The van der Waals surface area contributed by atoms with Gasteiger partial charge in [0.15, 0.2) is 5.82 Å². The number of carbonyl (C=O) groups is 1. The van der Waals surface area contributed by atoms with Crippen LogP contribution in [0.2, 0.25) is 0 Å². The van der Waals surface area contributed by atoms with E-state index in [9.17, 15) is 10.1 Å². The number of para-hydroxylation sites is 1. The zero-order chi connectivity index (χ0) is 19.2. The van der Waals surface area contributed by atoms with Gasteiger partial charge >= 0.3 is 0 Å². The number of anilines is 2. The molecule has 0 aliphatic carbocycles. The van der Waals surface area contributed by atoms with E-state index in [0.717, 1.165) is 0 Å². The zero-order valence-corrected chi connectivity index (χ0v) is 15.3. The third-order valence-electron chi connectivity index (χ3n) is 3.57. The Morgan fingerprint density at radius 3 is 2.78 bits per heavy atom. The summed E-state index contributed by atoms with van der Waals surface area (Å²) in [5, 5.41) is 16.4. The number of nitrogen functional groups attached to an aromatic ring is 1. The first-order valence-electron chi connectivity index (χ1n) is 8.12. The Kier molecular flexibility index (Phi) is 5.68. The summed E-state index contributed by atoms with van der Waals surface area (Å²) in [7, 11) is 0. The van der Waals surface area contributed by atoms with Crippen molar-refractivity contribution in [3.8, 4) is 6.07 Å². The lowest BCUT2D eigenvalue weighted by Crippen LogP contribution is -2.15. The van der Waals surface area contributed by atoms with E-state index in [-0.39, 0.29) is 16.9 Å². The number of aromatic nitrogens is 3. The molecule has 1 amide bonds. The summed E-state index contributed by atoms with van der Waals surface area (Å²) >= 11 is 1.25. The maximum absolute atomic E-state index is 12.4. The fourth-order valence-electron chi connectivity index (χ4n) is 2.22. The molecule has 0 fully saturated rings. The maximum atomic E-state index is 12.4. The van der Waals surface area contributed by atoms with Crippen molar-refractivity contribution in [1.82, 2.24) is 15.1 Å². The van der Waals surface area contributed by atoms with Crippen molar-refractivity contribution >= 4 is 29.2 Å². The van der Waals surface area contributed by atoms with Crippen LogP contribution in [-0.2, 0) is 12.2 Å². The maximum Gasteiger partial charge on any atom is 0.259 e. The number of hydrogen-bond donors (Lipinski definition) is 2. The van der Waals surface area contributed by atoms with Crippen LogP contribution in [0.15, 0.2) is 45.9 Å². The van der Waals surface area contributed by atoms with E-state index >= 15 is 0 Å². The van der Waals surface area contributed by atoms with Crippen molar-refractivity contribution in [1.29, 1.82) is 5.26 Å². The standard InChI is InChI=1S/C18H16N6O2S/c1-2-14-22-15(26-24-14)10-27-18-11(9-19)8-13(16(20)23-18)17(25)21-12-6-4-3-5-7-12/h3-8H,2,10H2,1H3,(H2,20,23)(H,21,25). The molecule has 0 spiro atoms. The molecular weight excluding hydrogens is 364 g/mol. The molecule has 8 nitrogen and oxygen atoms in total. The fraction of sp³-hybridized carbons (Fsp3) is 0.167. The summed E-state index contributed by atoms with van der Waals surface area (Å²) < 4.78 is 5.12. The topological polar surface area (TPSA) is 131 Å². The van der Waals surface area contributed by atoms with E-state index in [4.69, 9.17) is 10.3 Å². The van der Waals surface area contributed by atoms with Gasteiger partial charge in [0, 0.05) is 12.1 Å². The Balaban J connectivity index is 1.78. The summed E-state index contributed by atoms with van der Waals surface area (Å²) in [6.07, 6.45) is 0.675. The summed E-state index contributed by atoms with van der Waals surface area (Å²) in [6, 6.07) is 12.5. The molecule has 9 heteroatoms. The van der Waals surface area contributed by atoms with Gasteiger partial charge in [-0.2, -0.15) is 10.2 Å². The quantitative estimate of drug-likeness (QED) is 0.624. The van der Waals surface area contributed by atoms with Gasteiger partial charge in [-0.05, 0) is 18.2 Å². The molecule has 0 aliphatic heterocycles. The van der Waals surface area contributed by atoms with E-state index in [1.807, 2.05) is 19.1 Å². The number of aryl methyl sites for hydroxylation is 1. The van der Waals surface area contributed by atoms with Crippen molar-refractivity contribution in [2.24, 2.45) is 0 Å². The molecule has 0 aliphatic rings. The van der Waals surface area contributed by atoms with Gasteiger partial charge in [-0.25, -0.2) is 4.98 Å². The summed E-state index contributed by atoms with van der Waals surface area (Å²) in [5.41, 5.74) is 6.97. The number of nitriles is 1. The third-order valence-corrected chi connectivity index (χ3v) is 4.55. The van der Waals surface area contributed by atoms with Crippen LogP contribution in [0.4, 0.5) is 11.5 Å². The largest absolute Gasteiger partial charge is 0.383 e. The SMILES string of the molecule is CCc1noc(CSc2nc(N)c(C(=O)Nc3ccccc3)cc2C#N)n1. The smallest absolute Gasteiger partial charge is 0.259 e. The van der Waals surface area contributed by atoms with E-state index in [1.54, 1.807) is 24.3 Å². The van der Waals surface area contributed by atoms with Gasteiger partial charge in [-0.3, -0.25) is 4.79 Å². The highest BCUT2D eigenvalue weighted by atomic mass is 32.2. The number of pyridine rings is 1. The average molecular weight is 380 g/mol. The number of nitrogens with one attached hydrogen (secondary N) is 1. The van der Waals surface area contributed by atoms with Crippen molar-refractivity contribution in [2.75, 3.05) is 11.1 Å². The summed E-state index contributed by atoms with van der Waals surface area (Å²) in [6.45, 7) is 1.93. The first-order chi connectivity index (χ1) is 13.1. The summed E-state index contributed by atoms with van der Waals surface area (Å²) in [4.78, 5) is 20.9. The van der Waals surface area contributed by atoms with E-state index in [1.165, 1.54) is 17.8 Å². The molecule has 0 bridgehead atoms. The Morgan fingerprint density at radius 2 is 2.11 bits per heavy atom. The predicted octanol–water partition coefficient (Wildman–Crippen LogP) is 3.03. The van der Waals surface area contributed by atoms with Gasteiger partial charge in [0.2, 0.25) is 5.89 Å². The second-order valence-corrected chi connectivity index (χ2v) is 6.42. The second kappa shape index (κ2) is 8.33. The van der Waals surface area contributed by atoms with Crippen LogP contribution in [-0.4, -0.2) is 21.0 Å². The van der Waals surface area contributed by atoms with E-state index in [0.29, 0.717) is 34.6 Å². The van der Waals surface area contributed by atoms with Crippen molar-refractivity contribution in [2.45, 2.75) is 24.1 Å². The number of carbonyl (C=O) groups excluding carboxylic acids is 1. The molecule has 1 aromatic carbocycles. The highest BCUT2D eigenvalue weighted by molar-refractivity contribution is 7.98. The molecular formula is C18H16N6O2S. The van der Waals surface area contributed by atoms with Gasteiger partial charge in [0.25, 0.3) is 5.91 Å².